The second kappa shape index (κ2) is 5.17. The Morgan fingerprint density at radius 2 is 1.59 bits per heavy atom. The number of benzene rings is 3. The summed E-state index contributed by atoms with van der Waals surface area (Å²) in [4.78, 5) is 0. The van der Waals surface area contributed by atoms with E-state index in [0.717, 1.165) is 27.3 Å². The van der Waals surface area contributed by atoms with Crippen molar-refractivity contribution in [2.24, 2.45) is 0 Å². The summed E-state index contributed by atoms with van der Waals surface area (Å²) in [6, 6.07) is 17.2. The van der Waals surface area contributed by atoms with E-state index in [2.05, 4.69) is 71.0 Å². The maximum atomic E-state index is 6.67. The van der Waals surface area contributed by atoms with Crippen LogP contribution in [0.2, 0.25) is 5.02 Å². The molecule has 0 bridgehead atoms. The first-order chi connectivity index (χ1) is 12.7. The summed E-state index contributed by atoms with van der Waals surface area (Å²) in [6.07, 6.45) is 0. The van der Waals surface area contributed by atoms with E-state index in [-0.39, 0.29) is 10.8 Å². The fourth-order valence-corrected chi connectivity index (χ4v) is 4.79. The summed E-state index contributed by atoms with van der Waals surface area (Å²) in [6.45, 7) is 11.3. The van der Waals surface area contributed by atoms with Gasteiger partial charge in [-0.05, 0) is 40.3 Å². The van der Waals surface area contributed by atoms with Gasteiger partial charge in [0.15, 0.2) is 0 Å². The molecular weight excluding hydrogens is 352 g/mol. The SMILES string of the molecule is CC(C)(C)c1ccc2oc3c4c(ccc3c2c1)C(C)(C)c1cccc(Cl)c1-4. The lowest BCUT2D eigenvalue weighted by Crippen LogP contribution is -2.14. The van der Waals surface area contributed by atoms with E-state index >= 15 is 0 Å². The normalized spacial score (nSPS) is 15.3. The third kappa shape index (κ3) is 2.18. The zero-order chi connectivity index (χ0) is 19.1. The molecule has 0 aliphatic heterocycles. The average Bonchev–Trinajstić information content (AvgIpc) is 3.08. The van der Waals surface area contributed by atoms with E-state index in [9.17, 15) is 0 Å². The largest absolute Gasteiger partial charge is 0.455 e. The molecule has 1 nitrogen and oxygen atoms in total. The van der Waals surface area contributed by atoms with Crippen LogP contribution in [0.3, 0.4) is 0 Å². The van der Waals surface area contributed by atoms with Crippen LogP contribution in [0.15, 0.2) is 52.9 Å². The Balaban J connectivity index is 1.92. The summed E-state index contributed by atoms with van der Waals surface area (Å²) in [7, 11) is 0. The molecule has 0 spiro atoms. The summed E-state index contributed by atoms with van der Waals surface area (Å²) in [5.74, 6) is 0. The van der Waals surface area contributed by atoms with E-state index < -0.39 is 0 Å². The minimum atomic E-state index is -0.0840. The Hall–Kier alpha value is -2.25. The molecule has 2 heteroatoms. The van der Waals surface area contributed by atoms with Crippen molar-refractivity contribution in [3.8, 4) is 11.1 Å². The van der Waals surface area contributed by atoms with Crippen molar-refractivity contribution >= 4 is 33.5 Å². The first kappa shape index (κ1) is 16.9. The molecule has 5 rings (SSSR count). The Morgan fingerprint density at radius 3 is 2.33 bits per heavy atom. The van der Waals surface area contributed by atoms with Crippen LogP contribution in [-0.4, -0.2) is 0 Å². The maximum Gasteiger partial charge on any atom is 0.143 e. The molecule has 0 amide bonds. The second-order valence-corrected chi connectivity index (χ2v) is 9.62. The average molecular weight is 375 g/mol. The van der Waals surface area contributed by atoms with Gasteiger partial charge >= 0.3 is 0 Å². The van der Waals surface area contributed by atoms with Gasteiger partial charge in [-0.1, -0.05) is 76.6 Å². The van der Waals surface area contributed by atoms with Crippen molar-refractivity contribution in [1.82, 2.24) is 0 Å². The van der Waals surface area contributed by atoms with Gasteiger partial charge in [0.05, 0.1) is 0 Å². The third-order valence-corrected chi connectivity index (χ3v) is 6.43. The molecule has 0 atom stereocenters. The van der Waals surface area contributed by atoms with E-state index in [4.69, 9.17) is 16.0 Å². The van der Waals surface area contributed by atoms with Crippen molar-refractivity contribution in [2.75, 3.05) is 0 Å². The highest BCUT2D eigenvalue weighted by molar-refractivity contribution is 6.34. The minimum Gasteiger partial charge on any atom is -0.455 e. The molecule has 0 saturated carbocycles. The number of halogens is 1. The minimum absolute atomic E-state index is 0.0840. The highest BCUT2D eigenvalue weighted by Crippen LogP contribution is 2.54. The van der Waals surface area contributed by atoms with Gasteiger partial charge in [0.2, 0.25) is 0 Å². The fraction of sp³-hybridized carbons (Fsp3) is 0.280. The molecule has 4 aromatic rings. The molecule has 0 saturated heterocycles. The molecule has 0 fully saturated rings. The lowest BCUT2D eigenvalue weighted by molar-refractivity contribution is 0.590. The second-order valence-electron chi connectivity index (χ2n) is 9.22. The predicted molar refractivity (Wildman–Crippen MR) is 115 cm³/mol. The van der Waals surface area contributed by atoms with Gasteiger partial charge in [0.25, 0.3) is 0 Å². The monoisotopic (exact) mass is 374 g/mol. The Morgan fingerprint density at radius 1 is 0.852 bits per heavy atom. The van der Waals surface area contributed by atoms with Crippen LogP contribution >= 0.6 is 11.6 Å². The van der Waals surface area contributed by atoms with Crippen LogP contribution < -0.4 is 0 Å². The highest BCUT2D eigenvalue weighted by Gasteiger charge is 2.38. The first-order valence-electron chi connectivity index (χ1n) is 9.49. The smallest absolute Gasteiger partial charge is 0.143 e. The Bertz CT molecular complexity index is 1230. The molecule has 27 heavy (non-hydrogen) atoms. The van der Waals surface area contributed by atoms with Crippen LogP contribution in [0.4, 0.5) is 0 Å². The van der Waals surface area contributed by atoms with Crippen molar-refractivity contribution in [3.05, 3.63) is 70.2 Å². The van der Waals surface area contributed by atoms with Gasteiger partial charge in [-0.3, -0.25) is 0 Å². The molecule has 1 heterocycles. The highest BCUT2D eigenvalue weighted by atomic mass is 35.5. The topological polar surface area (TPSA) is 13.1 Å². The van der Waals surface area contributed by atoms with Gasteiger partial charge in [-0.25, -0.2) is 0 Å². The molecule has 0 N–H and O–H groups in total. The number of hydrogen-bond acceptors (Lipinski definition) is 1. The van der Waals surface area contributed by atoms with Gasteiger partial charge in [0, 0.05) is 32.3 Å². The molecule has 3 aromatic carbocycles. The van der Waals surface area contributed by atoms with Crippen molar-refractivity contribution in [1.29, 1.82) is 0 Å². The summed E-state index contributed by atoms with van der Waals surface area (Å²) in [5.41, 5.74) is 8.06. The van der Waals surface area contributed by atoms with Crippen LogP contribution in [0.1, 0.15) is 51.3 Å². The van der Waals surface area contributed by atoms with Gasteiger partial charge in [0.1, 0.15) is 11.2 Å². The van der Waals surface area contributed by atoms with E-state index in [0.29, 0.717) is 0 Å². The zero-order valence-corrected chi connectivity index (χ0v) is 17.2. The van der Waals surface area contributed by atoms with Crippen LogP contribution in [-0.2, 0) is 10.8 Å². The molecular formula is C25H23ClO. The maximum absolute atomic E-state index is 6.67. The quantitative estimate of drug-likeness (QED) is 0.305. The lowest BCUT2D eigenvalue weighted by Gasteiger charge is -2.21. The number of furan rings is 1. The summed E-state index contributed by atoms with van der Waals surface area (Å²) >= 11 is 6.67. The van der Waals surface area contributed by atoms with Crippen LogP contribution in [0.25, 0.3) is 33.1 Å². The predicted octanol–water partition coefficient (Wildman–Crippen LogP) is 7.84. The van der Waals surface area contributed by atoms with E-state index in [1.807, 2.05) is 12.1 Å². The van der Waals surface area contributed by atoms with E-state index in [1.165, 1.54) is 27.5 Å². The van der Waals surface area contributed by atoms with Crippen LogP contribution in [0.5, 0.6) is 0 Å². The first-order valence-corrected chi connectivity index (χ1v) is 9.87. The van der Waals surface area contributed by atoms with Crippen molar-refractivity contribution in [2.45, 2.75) is 45.4 Å². The molecule has 1 aromatic heterocycles. The number of hydrogen-bond donors (Lipinski definition) is 0. The Kier molecular flexibility index (Phi) is 3.24. The molecule has 0 radical (unpaired) electrons. The van der Waals surface area contributed by atoms with Gasteiger partial charge < -0.3 is 4.42 Å². The number of fused-ring (bicyclic) bond motifs is 7. The fourth-order valence-electron chi connectivity index (χ4n) is 4.52. The zero-order valence-electron chi connectivity index (χ0n) is 16.4. The Labute approximate surface area is 164 Å². The third-order valence-electron chi connectivity index (χ3n) is 6.12. The van der Waals surface area contributed by atoms with E-state index in [1.54, 1.807) is 0 Å². The summed E-state index contributed by atoms with van der Waals surface area (Å²) in [5, 5.41) is 3.14. The van der Waals surface area contributed by atoms with Crippen LogP contribution in [0, 0.1) is 0 Å². The van der Waals surface area contributed by atoms with Crippen molar-refractivity contribution < 1.29 is 4.42 Å². The molecule has 1 aliphatic rings. The lowest BCUT2D eigenvalue weighted by atomic mass is 9.82. The van der Waals surface area contributed by atoms with Gasteiger partial charge in [-0.2, -0.15) is 0 Å². The standard InChI is InChI=1S/C25H23ClO/c1-24(2,3)14-9-12-20-16(13-14)15-10-11-18-22(23(15)27-20)21-17(25(18,4)5)7-6-8-19(21)26/h6-13H,1-5H3. The summed E-state index contributed by atoms with van der Waals surface area (Å²) < 4.78 is 6.41. The molecule has 1 aliphatic carbocycles. The number of rotatable bonds is 0. The molecule has 136 valence electrons. The molecule has 0 unspecified atom stereocenters. The van der Waals surface area contributed by atoms with Gasteiger partial charge in [-0.15, -0.1) is 0 Å². The van der Waals surface area contributed by atoms with Crippen molar-refractivity contribution in [3.63, 3.8) is 0 Å².